The third kappa shape index (κ3) is 3.82. The van der Waals surface area contributed by atoms with Crippen molar-refractivity contribution in [2.75, 3.05) is 0 Å². The van der Waals surface area contributed by atoms with E-state index in [4.69, 9.17) is 10.2 Å². The largest absolute Gasteiger partial charge is 0.293 e. The molecular weight excluding hydrogens is 480 g/mol. The van der Waals surface area contributed by atoms with Gasteiger partial charge in [0, 0.05) is 52.4 Å². The molecule has 0 saturated heterocycles. The number of hydrogen-bond donors (Lipinski definition) is 0. The van der Waals surface area contributed by atoms with Gasteiger partial charge in [0.2, 0.25) is 0 Å². The van der Waals surface area contributed by atoms with Crippen LogP contribution in [-0.2, 0) is 0 Å². The highest BCUT2D eigenvalue weighted by Crippen LogP contribution is 2.44. The quantitative estimate of drug-likeness (QED) is 0.102. The molecule has 6 heteroatoms. The van der Waals surface area contributed by atoms with Crippen molar-refractivity contribution in [1.82, 2.24) is 19.8 Å². The second-order valence-corrected chi connectivity index (χ2v) is 9.23. The molecule has 6 nitrogen and oxygen atoms in total. The summed E-state index contributed by atoms with van der Waals surface area (Å²) in [6.07, 6.45) is 0. The third-order valence-corrected chi connectivity index (χ3v) is 6.99. The van der Waals surface area contributed by atoms with E-state index >= 15 is 0 Å². The third-order valence-electron chi connectivity index (χ3n) is 6.99. The zero-order valence-electron chi connectivity index (χ0n) is 21.0. The van der Waals surface area contributed by atoms with Crippen LogP contribution in [0.4, 0.5) is 23.0 Å². The van der Waals surface area contributed by atoms with Gasteiger partial charge < -0.3 is 0 Å². The number of para-hydroxylation sites is 3. The monoisotopic (exact) mass is 503 g/mol. The lowest BCUT2D eigenvalue weighted by Gasteiger charge is -2.29. The van der Waals surface area contributed by atoms with Gasteiger partial charge in [-0.2, -0.15) is 0 Å². The van der Waals surface area contributed by atoms with Crippen LogP contribution in [0.1, 0.15) is 0 Å². The molecule has 1 aromatic heterocycles. The minimum Gasteiger partial charge on any atom is -0.206 e. The first-order valence-electron chi connectivity index (χ1n) is 12.8. The van der Waals surface area contributed by atoms with E-state index in [1.165, 1.54) is 0 Å². The highest BCUT2D eigenvalue weighted by Gasteiger charge is 2.38. The number of nitrogens with zero attached hydrogens (tertiary/aromatic N) is 6. The van der Waals surface area contributed by atoms with Crippen molar-refractivity contribution in [2.24, 2.45) is 10.3 Å². The molecule has 0 radical (unpaired) electrons. The standard InChI is InChI=1S/C33H23N6/c1-4-14-24(15-5-1)39(25-16-6-2-7-17-25,26-18-8-3-9-19-26)38-37-33-34-31-29-22-12-10-20-27(29)28-21-11-13-23-30(28)32(31)35-36-33/h1-23H/q+1/b38-37+. The first-order chi connectivity index (χ1) is 19.3. The van der Waals surface area contributed by atoms with Crippen LogP contribution in [0.25, 0.3) is 32.6 Å². The molecule has 184 valence electrons. The summed E-state index contributed by atoms with van der Waals surface area (Å²) in [6, 6.07) is 46.8. The van der Waals surface area contributed by atoms with Crippen molar-refractivity contribution in [3.05, 3.63) is 140 Å². The van der Waals surface area contributed by atoms with E-state index < -0.39 is 0 Å². The lowest BCUT2D eigenvalue weighted by molar-refractivity contribution is 0.515. The minimum atomic E-state index is 0.0163. The van der Waals surface area contributed by atoms with Gasteiger partial charge in [-0.05, 0) is 10.8 Å². The molecule has 0 unspecified atom stereocenters. The van der Waals surface area contributed by atoms with Crippen molar-refractivity contribution in [1.29, 1.82) is 0 Å². The number of fused-ring (bicyclic) bond motifs is 6. The molecule has 7 aromatic rings. The van der Waals surface area contributed by atoms with Crippen LogP contribution in [0.2, 0.25) is 0 Å². The second-order valence-electron chi connectivity index (χ2n) is 9.23. The predicted molar refractivity (Wildman–Crippen MR) is 157 cm³/mol. The molecule has 39 heavy (non-hydrogen) atoms. The van der Waals surface area contributed by atoms with E-state index in [1.807, 2.05) is 78.9 Å². The Hall–Kier alpha value is -5.33. The van der Waals surface area contributed by atoms with Crippen molar-refractivity contribution in [2.45, 2.75) is 0 Å². The highest BCUT2D eigenvalue weighted by atomic mass is 15.7. The molecule has 1 heterocycles. The lowest BCUT2D eigenvalue weighted by atomic mass is 10.00. The summed E-state index contributed by atoms with van der Waals surface area (Å²) in [5.74, 6) is 0.202. The zero-order valence-corrected chi connectivity index (χ0v) is 21.0. The summed E-state index contributed by atoms with van der Waals surface area (Å²) >= 11 is 0. The SMILES string of the molecule is c1ccc([N+](/N=N/c2nnc3c4ccccc4c4ccccc4c3n2)(c2ccccc2)c2ccccc2)cc1. The summed E-state index contributed by atoms with van der Waals surface area (Å²) in [5, 5.41) is 22.9. The molecule has 0 fully saturated rings. The van der Waals surface area contributed by atoms with Crippen LogP contribution < -0.4 is 4.59 Å². The molecule has 0 atom stereocenters. The van der Waals surface area contributed by atoms with Crippen LogP contribution >= 0.6 is 0 Å². The van der Waals surface area contributed by atoms with Gasteiger partial charge in [-0.25, -0.2) is 4.98 Å². The Morgan fingerprint density at radius 3 is 1.31 bits per heavy atom. The average molecular weight is 504 g/mol. The smallest absolute Gasteiger partial charge is 0.206 e. The molecule has 0 aliphatic rings. The zero-order chi connectivity index (χ0) is 26.1. The Morgan fingerprint density at radius 2 is 0.821 bits per heavy atom. The van der Waals surface area contributed by atoms with Gasteiger partial charge >= 0.3 is 0 Å². The maximum atomic E-state index is 4.98. The number of quaternary nitrogens is 1. The minimum absolute atomic E-state index is 0.0163. The molecule has 6 aromatic carbocycles. The number of benzene rings is 6. The molecule has 0 amide bonds. The van der Waals surface area contributed by atoms with Crippen molar-refractivity contribution in [3.63, 3.8) is 0 Å². The summed E-state index contributed by atoms with van der Waals surface area (Å²) < 4.78 is 0.0163. The van der Waals surface area contributed by atoms with Gasteiger partial charge in [-0.1, -0.05) is 113 Å². The Kier molecular flexibility index (Phi) is 5.57. The number of aromatic nitrogens is 3. The molecule has 0 saturated carbocycles. The number of hydrogen-bond acceptors (Lipinski definition) is 5. The fourth-order valence-electron chi connectivity index (χ4n) is 5.22. The summed E-state index contributed by atoms with van der Waals surface area (Å²) in [4.78, 5) is 4.89. The van der Waals surface area contributed by atoms with Crippen molar-refractivity contribution in [3.8, 4) is 0 Å². The van der Waals surface area contributed by atoms with E-state index in [-0.39, 0.29) is 10.5 Å². The van der Waals surface area contributed by atoms with E-state index in [2.05, 4.69) is 76.0 Å². The van der Waals surface area contributed by atoms with Crippen LogP contribution in [0.5, 0.6) is 0 Å². The summed E-state index contributed by atoms with van der Waals surface area (Å²) in [7, 11) is 0. The summed E-state index contributed by atoms with van der Waals surface area (Å²) in [5.41, 5.74) is 4.31. The van der Waals surface area contributed by atoms with Gasteiger partial charge in [0.1, 0.15) is 11.0 Å². The molecule has 0 aliphatic carbocycles. The van der Waals surface area contributed by atoms with Gasteiger partial charge in [-0.15, -0.1) is 10.2 Å². The fourth-order valence-corrected chi connectivity index (χ4v) is 5.22. The molecule has 0 aliphatic heterocycles. The topological polar surface area (TPSA) is 63.4 Å². The molecule has 0 spiro atoms. The summed E-state index contributed by atoms with van der Waals surface area (Å²) in [6.45, 7) is 0. The van der Waals surface area contributed by atoms with Crippen LogP contribution in [0.15, 0.2) is 150 Å². The predicted octanol–water partition coefficient (Wildman–Crippen LogP) is 9.00. The van der Waals surface area contributed by atoms with E-state index in [9.17, 15) is 0 Å². The van der Waals surface area contributed by atoms with Crippen LogP contribution in [0, 0.1) is 0 Å². The van der Waals surface area contributed by atoms with E-state index in [0.717, 1.165) is 49.6 Å². The van der Waals surface area contributed by atoms with Gasteiger partial charge in [0.15, 0.2) is 17.1 Å². The normalized spacial score (nSPS) is 12.0. The fraction of sp³-hybridized carbons (Fsp3) is 0. The van der Waals surface area contributed by atoms with E-state index in [1.54, 1.807) is 0 Å². The maximum Gasteiger partial charge on any atom is 0.293 e. The maximum absolute atomic E-state index is 4.98. The molecule has 7 rings (SSSR count). The second kappa shape index (κ2) is 9.52. The van der Waals surface area contributed by atoms with E-state index in [0.29, 0.717) is 0 Å². The van der Waals surface area contributed by atoms with Crippen molar-refractivity contribution < 1.29 is 0 Å². The number of rotatable bonds is 5. The first-order valence-corrected chi connectivity index (χ1v) is 12.8. The molecular formula is C33H23N6+. The Labute approximate surface area is 225 Å². The Bertz CT molecular complexity index is 1820. The first kappa shape index (κ1) is 22.8. The average Bonchev–Trinajstić information content (AvgIpc) is 3.03. The van der Waals surface area contributed by atoms with Crippen LogP contribution in [-0.4, -0.2) is 15.2 Å². The lowest BCUT2D eigenvalue weighted by Crippen LogP contribution is -2.32. The molecule has 0 bridgehead atoms. The highest BCUT2D eigenvalue weighted by molar-refractivity contribution is 6.22. The van der Waals surface area contributed by atoms with Crippen molar-refractivity contribution >= 4 is 55.6 Å². The Balaban J connectivity index is 1.48. The Morgan fingerprint density at radius 1 is 0.410 bits per heavy atom. The molecule has 0 N–H and O–H groups in total. The van der Waals surface area contributed by atoms with Gasteiger partial charge in [-0.3, -0.25) is 0 Å². The van der Waals surface area contributed by atoms with Gasteiger partial charge in [0.05, 0.1) is 0 Å². The van der Waals surface area contributed by atoms with Crippen LogP contribution in [0.3, 0.4) is 0 Å². The van der Waals surface area contributed by atoms with Gasteiger partial charge in [0.25, 0.3) is 5.95 Å².